The van der Waals surface area contributed by atoms with Crippen LogP contribution in [0.3, 0.4) is 0 Å². The fraction of sp³-hybridized carbons (Fsp3) is 1.00. The maximum atomic E-state index is 9.45. The first kappa shape index (κ1) is 7.90. The molecule has 1 aliphatic carbocycles. The van der Waals surface area contributed by atoms with E-state index in [1.54, 1.807) is 0 Å². The predicted molar refractivity (Wildman–Crippen MR) is 47.8 cm³/mol. The highest BCUT2D eigenvalue weighted by Crippen LogP contribution is 2.35. The molecule has 2 nitrogen and oxygen atoms in total. The summed E-state index contributed by atoms with van der Waals surface area (Å²) < 4.78 is 0. The van der Waals surface area contributed by atoms with E-state index >= 15 is 0 Å². The van der Waals surface area contributed by atoms with E-state index in [0.29, 0.717) is 5.92 Å². The number of thioether (sulfide) groups is 1. The summed E-state index contributed by atoms with van der Waals surface area (Å²) >= 11 is 2.04. The van der Waals surface area contributed by atoms with Gasteiger partial charge in [-0.15, -0.1) is 0 Å². The minimum atomic E-state index is -0.0822. The van der Waals surface area contributed by atoms with Gasteiger partial charge in [-0.2, -0.15) is 11.8 Å². The minimum Gasteiger partial charge on any atom is -0.391 e. The van der Waals surface area contributed by atoms with Crippen molar-refractivity contribution in [3.05, 3.63) is 0 Å². The number of hydrogen-bond acceptors (Lipinski definition) is 3. The van der Waals surface area contributed by atoms with Gasteiger partial charge in [-0.3, -0.25) is 0 Å². The van der Waals surface area contributed by atoms with Crippen molar-refractivity contribution in [1.82, 2.24) is 5.32 Å². The van der Waals surface area contributed by atoms with Gasteiger partial charge in [-0.25, -0.2) is 0 Å². The molecule has 64 valence electrons. The molecule has 2 unspecified atom stereocenters. The fourth-order valence-electron chi connectivity index (χ4n) is 1.38. The van der Waals surface area contributed by atoms with Gasteiger partial charge < -0.3 is 10.4 Å². The second kappa shape index (κ2) is 3.33. The third-order valence-electron chi connectivity index (χ3n) is 2.37. The standard InChI is InChI=1S/C8H15NOS/c10-8-4-9-3-6(8)5-11-7-1-2-7/h6-10H,1-5H2. The molecule has 11 heavy (non-hydrogen) atoms. The molecule has 0 radical (unpaired) electrons. The monoisotopic (exact) mass is 173 g/mol. The first-order valence-corrected chi connectivity index (χ1v) is 5.41. The lowest BCUT2D eigenvalue weighted by Gasteiger charge is -2.11. The molecule has 2 aliphatic rings. The molecule has 2 atom stereocenters. The van der Waals surface area contributed by atoms with Gasteiger partial charge in [0.05, 0.1) is 6.10 Å². The van der Waals surface area contributed by atoms with Crippen LogP contribution in [0.4, 0.5) is 0 Å². The van der Waals surface area contributed by atoms with Crippen LogP contribution >= 0.6 is 11.8 Å². The van der Waals surface area contributed by atoms with Crippen molar-refractivity contribution in [2.75, 3.05) is 18.8 Å². The lowest BCUT2D eigenvalue weighted by Crippen LogP contribution is -2.20. The zero-order chi connectivity index (χ0) is 7.68. The van der Waals surface area contributed by atoms with Crippen LogP contribution in [0.25, 0.3) is 0 Å². The molecular weight excluding hydrogens is 158 g/mol. The van der Waals surface area contributed by atoms with Crippen molar-refractivity contribution in [3.63, 3.8) is 0 Å². The van der Waals surface area contributed by atoms with Gasteiger partial charge >= 0.3 is 0 Å². The SMILES string of the molecule is OC1CNCC1CSC1CC1. The maximum absolute atomic E-state index is 9.45. The van der Waals surface area contributed by atoms with E-state index < -0.39 is 0 Å². The van der Waals surface area contributed by atoms with Gasteiger partial charge in [0.15, 0.2) is 0 Å². The Morgan fingerprint density at radius 1 is 1.36 bits per heavy atom. The van der Waals surface area contributed by atoms with Gasteiger partial charge in [0.1, 0.15) is 0 Å². The van der Waals surface area contributed by atoms with Gasteiger partial charge in [0, 0.05) is 30.0 Å². The highest BCUT2D eigenvalue weighted by atomic mass is 32.2. The molecule has 1 saturated heterocycles. The third kappa shape index (κ3) is 2.10. The topological polar surface area (TPSA) is 32.3 Å². The summed E-state index contributed by atoms with van der Waals surface area (Å²) in [5.74, 6) is 1.67. The maximum Gasteiger partial charge on any atom is 0.0712 e. The smallest absolute Gasteiger partial charge is 0.0712 e. The normalized spacial score (nSPS) is 37.9. The summed E-state index contributed by atoms with van der Waals surface area (Å²) in [4.78, 5) is 0. The van der Waals surface area contributed by atoms with Crippen LogP contribution in [0, 0.1) is 5.92 Å². The second-order valence-corrected chi connectivity index (χ2v) is 4.85. The molecule has 0 aromatic heterocycles. The second-order valence-electron chi connectivity index (χ2n) is 3.52. The van der Waals surface area contributed by atoms with Crippen molar-refractivity contribution >= 4 is 11.8 Å². The molecular formula is C8H15NOS. The molecule has 1 heterocycles. The van der Waals surface area contributed by atoms with Crippen molar-refractivity contribution in [3.8, 4) is 0 Å². The number of rotatable bonds is 3. The Labute approximate surface area is 71.7 Å². The summed E-state index contributed by atoms with van der Waals surface area (Å²) in [6.45, 7) is 1.82. The predicted octanol–water partition coefficient (Wildman–Crippen LogP) is 0.462. The molecule has 0 amide bonds. The van der Waals surface area contributed by atoms with Gasteiger partial charge in [-0.05, 0) is 12.8 Å². The van der Waals surface area contributed by atoms with Crippen molar-refractivity contribution in [1.29, 1.82) is 0 Å². The van der Waals surface area contributed by atoms with Crippen LogP contribution in [-0.2, 0) is 0 Å². The Hall–Kier alpha value is 0.270. The van der Waals surface area contributed by atoms with E-state index in [4.69, 9.17) is 0 Å². The Balaban J connectivity index is 1.67. The van der Waals surface area contributed by atoms with E-state index in [9.17, 15) is 5.11 Å². The quantitative estimate of drug-likeness (QED) is 0.650. The van der Waals surface area contributed by atoms with Crippen LogP contribution in [0.15, 0.2) is 0 Å². The zero-order valence-corrected chi connectivity index (χ0v) is 7.44. The molecule has 0 aromatic carbocycles. The summed E-state index contributed by atoms with van der Waals surface area (Å²) in [5.41, 5.74) is 0. The van der Waals surface area contributed by atoms with Gasteiger partial charge in [0.25, 0.3) is 0 Å². The summed E-state index contributed by atoms with van der Waals surface area (Å²) in [7, 11) is 0. The molecule has 2 rings (SSSR count). The lowest BCUT2D eigenvalue weighted by molar-refractivity contribution is 0.158. The fourth-order valence-corrected chi connectivity index (χ4v) is 2.71. The van der Waals surface area contributed by atoms with Crippen LogP contribution in [0.2, 0.25) is 0 Å². The average Bonchev–Trinajstić information content (AvgIpc) is 2.73. The van der Waals surface area contributed by atoms with E-state index in [0.717, 1.165) is 24.1 Å². The molecule has 0 spiro atoms. The van der Waals surface area contributed by atoms with Crippen LogP contribution < -0.4 is 5.32 Å². The first-order valence-electron chi connectivity index (χ1n) is 4.36. The van der Waals surface area contributed by atoms with E-state index in [2.05, 4.69) is 5.32 Å². The first-order chi connectivity index (χ1) is 5.36. The molecule has 2 N–H and O–H groups in total. The molecule has 0 aromatic rings. The number of hydrogen-bond donors (Lipinski definition) is 2. The number of aliphatic hydroxyl groups is 1. The minimum absolute atomic E-state index is 0.0822. The van der Waals surface area contributed by atoms with Crippen LogP contribution in [-0.4, -0.2) is 35.3 Å². The molecule has 1 aliphatic heterocycles. The molecule has 3 heteroatoms. The van der Waals surface area contributed by atoms with Crippen LogP contribution in [0.5, 0.6) is 0 Å². The number of aliphatic hydroxyl groups excluding tert-OH is 1. The van der Waals surface area contributed by atoms with E-state index in [-0.39, 0.29) is 6.10 Å². The summed E-state index contributed by atoms with van der Waals surface area (Å²) in [6, 6.07) is 0. The Kier molecular flexibility index (Phi) is 2.39. The van der Waals surface area contributed by atoms with Crippen molar-refractivity contribution < 1.29 is 5.11 Å². The van der Waals surface area contributed by atoms with Crippen molar-refractivity contribution in [2.24, 2.45) is 5.92 Å². The van der Waals surface area contributed by atoms with E-state index in [1.165, 1.54) is 12.8 Å². The van der Waals surface area contributed by atoms with Crippen molar-refractivity contribution in [2.45, 2.75) is 24.2 Å². The Bertz CT molecular complexity index is 138. The number of β-amino-alcohol motifs (C(OH)–C–C–N with tert-alkyl or cyclic N) is 1. The summed E-state index contributed by atoms with van der Waals surface area (Å²) in [6.07, 6.45) is 2.73. The third-order valence-corrected chi connectivity index (χ3v) is 3.94. The highest BCUT2D eigenvalue weighted by molar-refractivity contribution is 8.00. The van der Waals surface area contributed by atoms with Crippen LogP contribution in [0.1, 0.15) is 12.8 Å². The Morgan fingerprint density at radius 3 is 2.73 bits per heavy atom. The molecule has 2 fully saturated rings. The summed E-state index contributed by atoms with van der Waals surface area (Å²) in [5, 5.41) is 13.6. The Morgan fingerprint density at radius 2 is 2.18 bits per heavy atom. The average molecular weight is 173 g/mol. The number of nitrogens with one attached hydrogen (secondary N) is 1. The highest BCUT2D eigenvalue weighted by Gasteiger charge is 2.28. The van der Waals surface area contributed by atoms with Gasteiger partial charge in [0.2, 0.25) is 0 Å². The van der Waals surface area contributed by atoms with Gasteiger partial charge in [-0.1, -0.05) is 0 Å². The molecule has 0 bridgehead atoms. The van der Waals surface area contributed by atoms with E-state index in [1.807, 2.05) is 11.8 Å². The zero-order valence-electron chi connectivity index (χ0n) is 6.62. The lowest BCUT2D eigenvalue weighted by atomic mass is 10.1. The molecule has 1 saturated carbocycles. The largest absolute Gasteiger partial charge is 0.391 e.